The van der Waals surface area contributed by atoms with Crippen LogP contribution in [0.2, 0.25) is 0 Å². The van der Waals surface area contributed by atoms with E-state index in [1.165, 1.54) is 34.7 Å². The number of amides is 1. The molecule has 2 aromatic heterocycles. The molecule has 3 heterocycles. The molecule has 4 aromatic rings. The number of benzene rings is 2. The first-order valence-corrected chi connectivity index (χ1v) is 14.0. The van der Waals surface area contributed by atoms with Gasteiger partial charge >= 0.3 is 0 Å². The van der Waals surface area contributed by atoms with Gasteiger partial charge in [0, 0.05) is 0 Å². The van der Waals surface area contributed by atoms with E-state index in [1.807, 2.05) is 32.0 Å². The van der Waals surface area contributed by atoms with Gasteiger partial charge in [-0.25, -0.2) is 9.97 Å². The lowest BCUT2D eigenvalue weighted by molar-refractivity contribution is -0.117. The Morgan fingerprint density at radius 3 is 2.46 bits per heavy atom. The number of carbonyl (C=O) groups is 2. The molecule has 0 spiro atoms. The Balaban J connectivity index is 1.68. The van der Waals surface area contributed by atoms with Crippen molar-refractivity contribution in [2.45, 2.75) is 33.7 Å². The predicted molar refractivity (Wildman–Crippen MR) is 151 cm³/mol. The number of aryl methyl sites for hydroxylation is 2. The SMILES string of the molecule is CCOc1ccc2nc(N3C(=O)C(O)=C(C(=O)c4sc(C)nc4C)C3c3ccc(OCC)c(OC)c3)sc2c1. The number of thiazole rings is 2. The Kier molecular flexibility index (Phi) is 7.28. The summed E-state index contributed by atoms with van der Waals surface area (Å²) in [5, 5.41) is 12.2. The van der Waals surface area contributed by atoms with Crippen molar-refractivity contribution in [1.82, 2.24) is 9.97 Å². The summed E-state index contributed by atoms with van der Waals surface area (Å²) in [6.07, 6.45) is 0. The molecule has 9 nitrogen and oxygen atoms in total. The van der Waals surface area contributed by atoms with Crippen LogP contribution < -0.4 is 19.1 Å². The van der Waals surface area contributed by atoms with E-state index in [0.29, 0.717) is 62.3 Å². The second-order valence-electron chi connectivity index (χ2n) is 8.72. The highest BCUT2D eigenvalue weighted by Crippen LogP contribution is 2.46. The Bertz CT molecular complexity index is 1620. The van der Waals surface area contributed by atoms with E-state index in [0.717, 1.165) is 4.70 Å². The van der Waals surface area contributed by atoms with Gasteiger partial charge in [-0.05, 0) is 63.6 Å². The van der Waals surface area contributed by atoms with Crippen molar-refractivity contribution in [2.24, 2.45) is 0 Å². The molecule has 2 aromatic carbocycles. The monoisotopic (exact) mass is 565 g/mol. The predicted octanol–water partition coefficient (Wildman–Crippen LogP) is 5.96. The second kappa shape index (κ2) is 10.7. The number of hydrogen-bond acceptors (Lipinski definition) is 10. The van der Waals surface area contributed by atoms with Crippen LogP contribution in [0.25, 0.3) is 10.2 Å². The number of hydrogen-bond donors (Lipinski definition) is 1. The summed E-state index contributed by atoms with van der Waals surface area (Å²) >= 11 is 2.50. The smallest absolute Gasteiger partial charge is 0.296 e. The number of aliphatic hydroxyl groups is 1. The molecule has 1 aliphatic heterocycles. The maximum atomic E-state index is 13.9. The highest BCUT2D eigenvalue weighted by atomic mass is 32.1. The summed E-state index contributed by atoms with van der Waals surface area (Å²) < 4.78 is 17.6. The molecule has 0 saturated heterocycles. The molecule has 0 radical (unpaired) electrons. The second-order valence-corrected chi connectivity index (χ2v) is 10.9. The summed E-state index contributed by atoms with van der Waals surface area (Å²) in [5.41, 5.74) is 1.74. The van der Waals surface area contributed by atoms with E-state index in [9.17, 15) is 14.7 Å². The average molecular weight is 566 g/mol. The van der Waals surface area contributed by atoms with Crippen molar-refractivity contribution in [3.05, 3.63) is 68.9 Å². The number of ether oxygens (including phenoxy) is 3. The van der Waals surface area contributed by atoms with Crippen LogP contribution in [0.5, 0.6) is 17.2 Å². The highest BCUT2D eigenvalue weighted by molar-refractivity contribution is 7.22. The van der Waals surface area contributed by atoms with E-state index < -0.39 is 23.5 Å². The maximum absolute atomic E-state index is 13.9. The zero-order valence-electron chi connectivity index (χ0n) is 22.1. The fourth-order valence-electron chi connectivity index (χ4n) is 4.60. The van der Waals surface area contributed by atoms with Gasteiger partial charge in [-0.3, -0.25) is 14.5 Å². The normalized spacial score (nSPS) is 15.4. The van der Waals surface area contributed by atoms with Gasteiger partial charge in [-0.2, -0.15) is 0 Å². The fourth-order valence-corrected chi connectivity index (χ4v) is 6.49. The lowest BCUT2D eigenvalue weighted by Gasteiger charge is -2.25. The summed E-state index contributed by atoms with van der Waals surface area (Å²) in [6.45, 7) is 8.27. The first kappa shape index (κ1) is 26.6. The van der Waals surface area contributed by atoms with Crippen LogP contribution in [-0.2, 0) is 4.79 Å². The number of rotatable bonds is 9. The number of ketones is 1. The van der Waals surface area contributed by atoms with Gasteiger partial charge in [0.2, 0.25) is 5.78 Å². The lowest BCUT2D eigenvalue weighted by Crippen LogP contribution is -2.31. The van der Waals surface area contributed by atoms with E-state index in [1.54, 1.807) is 32.0 Å². The van der Waals surface area contributed by atoms with Crippen LogP contribution in [0.15, 0.2) is 47.7 Å². The lowest BCUT2D eigenvalue weighted by atomic mass is 9.95. The third-order valence-corrected chi connectivity index (χ3v) is 8.32. The molecule has 1 amide bonds. The van der Waals surface area contributed by atoms with Gasteiger partial charge in [0.25, 0.3) is 5.91 Å². The molecule has 1 unspecified atom stereocenters. The van der Waals surface area contributed by atoms with Crippen molar-refractivity contribution in [2.75, 3.05) is 25.2 Å². The van der Waals surface area contributed by atoms with Crippen LogP contribution in [0.4, 0.5) is 5.13 Å². The Morgan fingerprint density at radius 1 is 1.03 bits per heavy atom. The number of anilines is 1. The van der Waals surface area contributed by atoms with E-state index in [4.69, 9.17) is 14.2 Å². The van der Waals surface area contributed by atoms with Crippen molar-refractivity contribution in [3.63, 3.8) is 0 Å². The number of methoxy groups -OCH3 is 1. The third kappa shape index (κ3) is 4.72. The summed E-state index contributed by atoms with van der Waals surface area (Å²) in [5.74, 6) is -0.122. The van der Waals surface area contributed by atoms with Gasteiger partial charge in [0.15, 0.2) is 22.4 Å². The van der Waals surface area contributed by atoms with Crippen LogP contribution >= 0.6 is 22.7 Å². The minimum Gasteiger partial charge on any atom is -0.503 e. The third-order valence-electron chi connectivity index (χ3n) is 6.23. The standard InChI is InChI=1S/C28H27N3O6S2/c1-6-36-17-9-10-18-21(13-17)39-28(30-18)31-23(16-8-11-19(37-7-2)20(12-16)35-5)22(25(33)27(31)34)24(32)26-14(3)29-15(4)38-26/h8-13,23,33H,6-7H2,1-5H3. The molecule has 11 heteroatoms. The van der Waals surface area contributed by atoms with Gasteiger partial charge in [0.05, 0.1) is 57.7 Å². The Morgan fingerprint density at radius 2 is 1.79 bits per heavy atom. The molecule has 0 aliphatic carbocycles. The molecular formula is C28H27N3O6S2. The number of Topliss-reactive ketones (excluding diaryl/α,β-unsaturated/α-hetero) is 1. The van der Waals surface area contributed by atoms with Gasteiger partial charge < -0.3 is 19.3 Å². The van der Waals surface area contributed by atoms with Gasteiger partial charge in [0.1, 0.15) is 5.75 Å². The summed E-state index contributed by atoms with van der Waals surface area (Å²) in [6, 6.07) is 9.74. The number of aromatic nitrogens is 2. The number of aliphatic hydroxyl groups excluding tert-OH is 1. The molecule has 1 aliphatic rings. The Labute approximate surface area is 233 Å². The fraction of sp³-hybridized carbons (Fsp3) is 0.286. The average Bonchev–Trinajstić information content (AvgIpc) is 3.57. The summed E-state index contributed by atoms with van der Waals surface area (Å²) in [7, 11) is 1.52. The van der Waals surface area contributed by atoms with E-state index in [2.05, 4.69) is 9.97 Å². The van der Waals surface area contributed by atoms with Gasteiger partial charge in [-0.1, -0.05) is 17.4 Å². The molecule has 0 saturated carbocycles. The molecular weight excluding hydrogens is 538 g/mol. The van der Waals surface area contributed by atoms with Gasteiger partial charge in [-0.15, -0.1) is 11.3 Å². The van der Waals surface area contributed by atoms with E-state index >= 15 is 0 Å². The molecule has 202 valence electrons. The molecule has 39 heavy (non-hydrogen) atoms. The number of carbonyl (C=O) groups excluding carboxylic acids is 2. The molecule has 0 fully saturated rings. The largest absolute Gasteiger partial charge is 0.503 e. The molecule has 0 bridgehead atoms. The number of fused-ring (bicyclic) bond motifs is 1. The molecule has 1 N–H and O–H groups in total. The number of nitrogens with zero attached hydrogens (tertiary/aromatic N) is 3. The summed E-state index contributed by atoms with van der Waals surface area (Å²) in [4.78, 5) is 38.3. The topological polar surface area (TPSA) is 111 Å². The van der Waals surface area contributed by atoms with Crippen molar-refractivity contribution in [1.29, 1.82) is 0 Å². The quantitative estimate of drug-likeness (QED) is 0.248. The first-order valence-electron chi connectivity index (χ1n) is 12.4. The van der Waals surface area contributed by atoms with E-state index in [-0.39, 0.29) is 5.57 Å². The van der Waals surface area contributed by atoms with Crippen LogP contribution in [-0.4, -0.2) is 47.1 Å². The van der Waals surface area contributed by atoms with Crippen LogP contribution in [0, 0.1) is 13.8 Å². The van der Waals surface area contributed by atoms with Crippen molar-refractivity contribution >= 4 is 49.7 Å². The highest BCUT2D eigenvalue weighted by Gasteiger charge is 2.46. The zero-order chi connectivity index (χ0) is 27.8. The maximum Gasteiger partial charge on any atom is 0.296 e. The van der Waals surface area contributed by atoms with Crippen LogP contribution in [0.3, 0.4) is 0 Å². The minimum absolute atomic E-state index is 0.0350. The molecule has 1 atom stereocenters. The zero-order valence-corrected chi connectivity index (χ0v) is 23.7. The van der Waals surface area contributed by atoms with Crippen molar-refractivity contribution in [3.8, 4) is 17.2 Å². The minimum atomic E-state index is -0.955. The first-order chi connectivity index (χ1) is 18.8. The van der Waals surface area contributed by atoms with Crippen LogP contribution in [0.1, 0.15) is 45.8 Å². The Hall–Kier alpha value is -3.96. The molecule has 5 rings (SSSR count). The van der Waals surface area contributed by atoms with Crippen molar-refractivity contribution < 1.29 is 28.9 Å².